The SMILES string of the molecule is CCCCC(NNC(=O)O)C(=O)O.Cc1ncc([N+](=O)[O-])n1CCO. The molecule has 0 bridgehead atoms. The Morgan fingerprint density at radius 3 is 2.52 bits per heavy atom. The minimum absolute atomic E-state index is 0.0819. The highest BCUT2D eigenvalue weighted by atomic mass is 16.6. The number of nitrogens with zero attached hydrogens (tertiary/aromatic N) is 3. The molecule has 1 unspecified atom stereocenters. The largest absolute Gasteiger partial charge is 0.480 e. The summed E-state index contributed by atoms with van der Waals surface area (Å²) < 4.78 is 1.36. The Bertz CT molecular complexity index is 575. The number of aliphatic hydroxyl groups excluding tert-OH is 1. The normalized spacial score (nSPS) is 11.2. The Kier molecular flexibility index (Phi) is 10.5. The highest BCUT2D eigenvalue weighted by Crippen LogP contribution is 2.12. The van der Waals surface area contributed by atoms with Gasteiger partial charge >= 0.3 is 17.9 Å². The fourth-order valence-electron chi connectivity index (χ4n) is 1.79. The Morgan fingerprint density at radius 2 is 2.08 bits per heavy atom. The minimum Gasteiger partial charge on any atom is -0.480 e. The molecule has 0 aliphatic carbocycles. The zero-order valence-electron chi connectivity index (χ0n) is 14.0. The molecule has 0 aromatic carbocycles. The Morgan fingerprint density at radius 1 is 1.44 bits per heavy atom. The molecule has 5 N–H and O–H groups in total. The molecule has 142 valence electrons. The lowest BCUT2D eigenvalue weighted by Gasteiger charge is -2.12. The van der Waals surface area contributed by atoms with Crippen LogP contribution in [0.2, 0.25) is 0 Å². The second-order valence-corrected chi connectivity index (χ2v) is 4.90. The van der Waals surface area contributed by atoms with E-state index in [4.69, 9.17) is 15.3 Å². The van der Waals surface area contributed by atoms with Crippen molar-refractivity contribution in [3.05, 3.63) is 22.1 Å². The zero-order chi connectivity index (χ0) is 19.4. The number of aliphatic carboxylic acids is 1. The first-order valence-corrected chi connectivity index (χ1v) is 7.49. The van der Waals surface area contributed by atoms with Gasteiger partial charge in [-0.2, -0.15) is 0 Å². The maximum Gasteiger partial charge on any atom is 0.419 e. The lowest BCUT2D eigenvalue weighted by atomic mass is 10.1. The molecule has 0 saturated heterocycles. The number of hydrazine groups is 1. The number of rotatable bonds is 9. The molecule has 0 radical (unpaired) electrons. The summed E-state index contributed by atoms with van der Waals surface area (Å²) in [5, 5.41) is 35.8. The van der Waals surface area contributed by atoms with Gasteiger partial charge in [-0.3, -0.25) is 10.2 Å². The van der Waals surface area contributed by atoms with Crippen molar-refractivity contribution < 1.29 is 29.8 Å². The van der Waals surface area contributed by atoms with Crippen molar-refractivity contribution in [1.29, 1.82) is 0 Å². The summed E-state index contributed by atoms with van der Waals surface area (Å²) in [7, 11) is 0. The van der Waals surface area contributed by atoms with Crippen LogP contribution in [0.5, 0.6) is 0 Å². The van der Waals surface area contributed by atoms with Crippen LogP contribution in [0.1, 0.15) is 32.0 Å². The van der Waals surface area contributed by atoms with Crippen LogP contribution in [0.4, 0.5) is 10.6 Å². The van der Waals surface area contributed by atoms with E-state index in [1.807, 2.05) is 12.3 Å². The third kappa shape index (κ3) is 8.62. The molecule has 1 aromatic rings. The summed E-state index contributed by atoms with van der Waals surface area (Å²) in [6, 6.07) is -0.851. The van der Waals surface area contributed by atoms with Crippen molar-refractivity contribution in [2.75, 3.05) is 6.61 Å². The van der Waals surface area contributed by atoms with E-state index < -0.39 is 23.0 Å². The third-order valence-corrected chi connectivity index (χ3v) is 3.04. The van der Waals surface area contributed by atoms with E-state index in [-0.39, 0.29) is 19.0 Å². The first kappa shape index (κ1) is 22.3. The van der Waals surface area contributed by atoms with Crippen molar-refractivity contribution in [2.45, 2.75) is 45.7 Å². The third-order valence-electron chi connectivity index (χ3n) is 3.04. The van der Waals surface area contributed by atoms with Crippen LogP contribution >= 0.6 is 0 Å². The van der Waals surface area contributed by atoms with Crippen molar-refractivity contribution in [1.82, 2.24) is 20.4 Å². The maximum absolute atomic E-state index is 10.5. The first-order chi connectivity index (χ1) is 11.7. The molecule has 0 aliphatic heterocycles. The predicted octanol–water partition coefficient (Wildman–Crippen LogP) is 0.494. The molecular weight excluding hydrogens is 338 g/mol. The molecule has 0 spiro atoms. The smallest absolute Gasteiger partial charge is 0.419 e. The number of hydrogen-bond acceptors (Lipinski definition) is 7. The Hall–Kier alpha value is -2.73. The molecule has 0 saturated carbocycles. The van der Waals surface area contributed by atoms with E-state index in [0.717, 1.165) is 12.8 Å². The number of carboxylic acids is 1. The quantitative estimate of drug-likeness (QED) is 0.309. The van der Waals surface area contributed by atoms with Gasteiger partial charge in [-0.15, -0.1) is 0 Å². The standard InChI is InChI=1S/C7H14N2O4.C6H9N3O3/c1-2-3-4-5(6(10)11)8-9-7(12)13;1-5-7-4-6(9(11)12)8(5)2-3-10/h5,8-9H,2-4H2,1H3,(H,10,11)(H,12,13);4,10H,2-3H2,1H3. The molecule has 12 nitrogen and oxygen atoms in total. The van der Waals surface area contributed by atoms with Crippen molar-refractivity contribution >= 4 is 17.9 Å². The van der Waals surface area contributed by atoms with Crippen molar-refractivity contribution in [3.63, 3.8) is 0 Å². The minimum atomic E-state index is -1.29. The van der Waals surface area contributed by atoms with Crippen LogP contribution in [0, 0.1) is 17.0 Å². The number of carbonyl (C=O) groups is 2. The second kappa shape index (κ2) is 11.8. The predicted molar refractivity (Wildman–Crippen MR) is 85.9 cm³/mol. The van der Waals surface area contributed by atoms with E-state index in [0.29, 0.717) is 12.2 Å². The number of unbranched alkanes of at least 4 members (excludes halogenated alkanes) is 1. The van der Waals surface area contributed by atoms with Gasteiger partial charge in [0.15, 0.2) is 5.82 Å². The topological polar surface area (TPSA) is 180 Å². The van der Waals surface area contributed by atoms with E-state index in [1.165, 1.54) is 10.8 Å². The average molecular weight is 361 g/mol. The molecule has 1 amide bonds. The van der Waals surface area contributed by atoms with Crippen molar-refractivity contribution in [2.24, 2.45) is 0 Å². The van der Waals surface area contributed by atoms with Crippen LogP contribution in [0.15, 0.2) is 6.20 Å². The first-order valence-electron chi connectivity index (χ1n) is 7.49. The number of imidazole rings is 1. The molecule has 0 fully saturated rings. The number of aryl methyl sites for hydroxylation is 1. The zero-order valence-corrected chi connectivity index (χ0v) is 14.0. The van der Waals surface area contributed by atoms with Gasteiger partial charge in [0.1, 0.15) is 18.8 Å². The van der Waals surface area contributed by atoms with E-state index >= 15 is 0 Å². The monoisotopic (exact) mass is 361 g/mol. The fraction of sp³-hybridized carbons (Fsp3) is 0.615. The van der Waals surface area contributed by atoms with Crippen LogP contribution in [-0.2, 0) is 11.3 Å². The van der Waals surface area contributed by atoms with Gasteiger partial charge < -0.3 is 25.4 Å². The number of hydrogen-bond donors (Lipinski definition) is 5. The summed E-state index contributed by atoms with van der Waals surface area (Å²) in [5.74, 6) is -0.598. The molecule has 1 atom stereocenters. The number of aromatic nitrogens is 2. The van der Waals surface area contributed by atoms with E-state index in [9.17, 15) is 19.7 Å². The van der Waals surface area contributed by atoms with E-state index in [1.54, 1.807) is 6.92 Å². The fourth-order valence-corrected chi connectivity index (χ4v) is 1.79. The maximum atomic E-state index is 10.5. The van der Waals surface area contributed by atoms with Gasteiger partial charge in [0, 0.05) is 6.92 Å². The highest BCUT2D eigenvalue weighted by molar-refractivity contribution is 5.74. The van der Waals surface area contributed by atoms with Gasteiger partial charge in [0.2, 0.25) is 0 Å². The summed E-state index contributed by atoms with van der Waals surface area (Å²) in [4.78, 5) is 34.2. The number of aliphatic hydroxyl groups is 1. The van der Waals surface area contributed by atoms with Gasteiger partial charge in [0.25, 0.3) is 0 Å². The Labute approximate surface area is 143 Å². The van der Waals surface area contributed by atoms with Crippen LogP contribution in [-0.4, -0.2) is 54.5 Å². The molecule has 1 aromatic heterocycles. The molecule has 1 rings (SSSR count). The lowest BCUT2D eigenvalue weighted by Crippen LogP contribution is -2.47. The number of amides is 1. The molecule has 0 aliphatic rings. The average Bonchev–Trinajstić information content (AvgIpc) is 2.89. The Balaban J connectivity index is 0.000000462. The summed E-state index contributed by atoms with van der Waals surface area (Å²) in [5.41, 5.74) is 4.03. The van der Waals surface area contributed by atoms with Gasteiger partial charge in [-0.1, -0.05) is 19.8 Å². The summed E-state index contributed by atoms with van der Waals surface area (Å²) >= 11 is 0. The molecular formula is C13H23N5O7. The second-order valence-electron chi connectivity index (χ2n) is 4.90. The summed E-state index contributed by atoms with van der Waals surface area (Å²) in [6.45, 7) is 3.67. The van der Waals surface area contributed by atoms with E-state index in [2.05, 4.69) is 10.4 Å². The van der Waals surface area contributed by atoms with Crippen LogP contribution in [0.3, 0.4) is 0 Å². The molecule has 12 heteroatoms. The molecule has 1 heterocycles. The van der Waals surface area contributed by atoms with Crippen LogP contribution in [0.25, 0.3) is 0 Å². The van der Waals surface area contributed by atoms with Gasteiger partial charge in [-0.25, -0.2) is 19.8 Å². The number of nitro groups is 1. The van der Waals surface area contributed by atoms with Gasteiger partial charge in [-0.05, 0) is 11.3 Å². The summed E-state index contributed by atoms with van der Waals surface area (Å²) in [6.07, 6.45) is 1.92. The van der Waals surface area contributed by atoms with Crippen LogP contribution < -0.4 is 10.9 Å². The molecule has 25 heavy (non-hydrogen) atoms. The number of nitrogens with one attached hydrogen (secondary N) is 2. The number of carboxylic acid groups (broad SMARTS) is 2. The highest BCUT2D eigenvalue weighted by Gasteiger charge is 2.16. The van der Waals surface area contributed by atoms with Gasteiger partial charge in [0.05, 0.1) is 6.61 Å². The van der Waals surface area contributed by atoms with Crippen molar-refractivity contribution in [3.8, 4) is 0 Å². The lowest BCUT2D eigenvalue weighted by molar-refractivity contribution is -0.392.